The molecule has 16 heavy (non-hydrogen) atoms. The number of rotatable bonds is 2. The van der Waals surface area contributed by atoms with Gasteiger partial charge in [0.2, 0.25) is 5.91 Å². The van der Waals surface area contributed by atoms with E-state index in [1.54, 1.807) is 0 Å². The van der Waals surface area contributed by atoms with Crippen molar-refractivity contribution in [2.45, 2.75) is 13.3 Å². The number of nitrogens with one attached hydrogen (secondary N) is 2. The Morgan fingerprint density at radius 1 is 1.19 bits per heavy atom. The van der Waals surface area contributed by atoms with Gasteiger partial charge in [0, 0.05) is 18.2 Å². The van der Waals surface area contributed by atoms with E-state index in [1.165, 1.54) is 13.0 Å². The Hall–Kier alpha value is -2.10. The first-order chi connectivity index (χ1) is 7.65. The van der Waals surface area contributed by atoms with Crippen LogP contribution in [0.1, 0.15) is 13.3 Å². The van der Waals surface area contributed by atoms with Gasteiger partial charge in [0.1, 0.15) is 5.78 Å². The first-order valence-corrected chi connectivity index (χ1v) is 5.02. The summed E-state index contributed by atoms with van der Waals surface area (Å²) in [7, 11) is 0. The van der Waals surface area contributed by atoms with Gasteiger partial charge in [-0.3, -0.25) is 9.59 Å². The number of amides is 1. The van der Waals surface area contributed by atoms with Gasteiger partial charge in [0.25, 0.3) is 0 Å². The Kier molecular flexibility index (Phi) is 2.72. The molecule has 1 heterocycles. The van der Waals surface area contributed by atoms with Gasteiger partial charge in [-0.25, -0.2) is 0 Å². The highest BCUT2D eigenvalue weighted by molar-refractivity contribution is 6.04. The molecule has 4 nitrogen and oxygen atoms in total. The molecule has 0 bridgehead atoms. The molecule has 1 amide bonds. The summed E-state index contributed by atoms with van der Waals surface area (Å²) in [6.45, 7) is 1.50. The second-order valence-electron chi connectivity index (χ2n) is 3.71. The number of carbonyl (C=O) groups is 2. The van der Waals surface area contributed by atoms with E-state index in [9.17, 15) is 9.59 Å². The molecular weight excluding hydrogens is 204 g/mol. The molecule has 0 saturated carbocycles. The topological polar surface area (TPSA) is 58.2 Å². The molecule has 2 rings (SSSR count). The third kappa shape index (κ3) is 2.28. The summed E-state index contributed by atoms with van der Waals surface area (Å²) in [5, 5.41) is 5.81. The summed E-state index contributed by atoms with van der Waals surface area (Å²) in [6.07, 6.45) is 1.66. The molecule has 4 heteroatoms. The molecule has 1 aliphatic rings. The number of allylic oxidation sites excluding steroid dienone is 1. The maximum Gasteiger partial charge on any atom is 0.250 e. The second kappa shape index (κ2) is 4.18. The zero-order valence-electron chi connectivity index (χ0n) is 8.91. The number of Topliss-reactive ketones (excluding diaryl/α,β-unsaturated/α-hetero) is 1. The van der Waals surface area contributed by atoms with Gasteiger partial charge in [-0.1, -0.05) is 12.1 Å². The van der Waals surface area contributed by atoms with Gasteiger partial charge in [-0.2, -0.15) is 0 Å². The second-order valence-corrected chi connectivity index (χ2v) is 3.71. The molecule has 82 valence electrons. The van der Waals surface area contributed by atoms with Crippen molar-refractivity contribution in [1.82, 2.24) is 0 Å². The average molecular weight is 216 g/mol. The van der Waals surface area contributed by atoms with Crippen LogP contribution in [0, 0.1) is 0 Å². The van der Waals surface area contributed by atoms with Crippen molar-refractivity contribution >= 4 is 23.1 Å². The van der Waals surface area contributed by atoms with Gasteiger partial charge in [0.15, 0.2) is 0 Å². The number of benzene rings is 1. The summed E-state index contributed by atoms with van der Waals surface area (Å²) in [5.74, 6) is -0.195. The molecular formula is C12H12N2O2. The number of carbonyl (C=O) groups excluding carboxylic acids is 2. The zero-order chi connectivity index (χ0) is 11.5. The van der Waals surface area contributed by atoms with Crippen LogP contribution in [0.3, 0.4) is 0 Å². The molecule has 0 saturated heterocycles. The van der Waals surface area contributed by atoms with Crippen molar-refractivity contribution in [1.29, 1.82) is 0 Å². The normalized spacial score (nSPS) is 14.1. The van der Waals surface area contributed by atoms with Crippen LogP contribution < -0.4 is 10.6 Å². The van der Waals surface area contributed by atoms with Crippen LogP contribution in [0.15, 0.2) is 36.0 Å². The Labute approximate surface area is 93.3 Å². The quantitative estimate of drug-likeness (QED) is 0.794. The van der Waals surface area contributed by atoms with E-state index in [4.69, 9.17) is 0 Å². The van der Waals surface area contributed by atoms with E-state index in [0.29, 0.717) is 5.70 Å². The first-order valence-electron chi connectivity index (χ1n) is 5.02. The van der Waals surface area contributed by atoms with Crippen molar-refractivity contribution < 1.29 is 9.59 Å². The third-order valence-corrected chi connectivity index (χ3v) is 2.22. The van der Waals surface area contributed by atoms with Crippen molar-refractivity contribution in [3.8, 4) is 0 Å². The number of ketones is 1. The third-order valence-electron chi connectivity index (χ3n) is 2.22. The van der Waals surface area contributed by atoms with Gasteiger partial charge in [-0.15, -0.1) is 0 Å². The zero-order valence-corrected chi connectivity index (χ0v) is 8.91. The van der Waals surface area contributed by atoms with Gasteiger partial charge >= 0.3 is 0 Å². The maximum absolute atomic E-state index is 11.5. The van der Waals surface area contributed by atoms with Crippen LogP contribution in [0.25, 0.3) is 0 Å². The number of anilines is 2. The highest BCUT2D eigenvalue weighted by atomic mass is 16.1. The minimum Gasteiger partial charge on any atom is -0.357 e. The summed E-state index contributed by atoms with van der Waals surface area (Å²) >= 11 is 0. The lowest BCUT2D eigenvalue weighted by Gasteiger charge is -2.09. The smallest absolute Gasteiger partial charge is 0.250 e. The summed E-state index contributed by atoms with van der Waals surface area (Å²) in [6, 6.07) is 7.38. The summed E-state index contributed by atoms with van der Waals surface area (Å²) < 4.78 is 0. The fourth-order valence-corrected chi connectivity index (χ4v) is 1.60. The lowest BCUT2D eigenvalue weighted by molar-refractivity contribution is -0.116. The van der Waals surface area contributed by atoms with Crippen LogP contribution in [0.5, 0.6) is 0 Å². The lowest BCUT2D eigenvalue weighted by atomic mass is 10.2. The van der Waals surface area contributed by atoms with Gasteiger partial charge in [-0.05, 0) is 19.1 Å². The van der Waals surface area contributed by atoms with Crippen molar-refractivity contribution in [3.05, 3.63) is 36.0 Å². The highest BCUT2D eigenvalue weighted by Gasteiger charge is 2.13. The number of para-hydroxylation sites is 2. The molecule has 0 aromatic heterocycles. The predicted molar refractivity (Wildman–Crippen MR) is 62.1 cm³/mol. The molecule has 0 unspecified atom stereocenters. The molecule has 0 spiro atoms. The SMILES string of the molecule is CC(=O)CC1=CC(=O)Nc2ccccc2N1. The Balaban J connectivity index is 2.32. The standard InChI is InChI=1S/C12H12N2O2/c1-8(15)6-9-7-12(16)14-11-5-3-2-4-10(11)13-9/h2-5,7,13H,6H2,1H3,(H,14,16). The molecule has 0 atom stereocenters. The molecule has 2 N–H and O–H groups in total. The van der Waals surface area contributed by atoms with E-state index < -0.39 is 0 Å². The molecule has 1 aliphatic heterocycles. The molecule has 0 aliphatic carbocycles. The minimum atomic E-state index is -0.214. The van der Waals surface area contributed by atoms with Crippen LogP contribution in [0.4, 0.5) is 11.4 Å². The molecule has 0 fully saturated rings. The average Bonchev–Trinajstić information content (AvgIpc) is 2.33. The monoisotopic (exact) mass is 216 g/mol. The first kappa shape index (κ1) is 10.4. The molecule has 1 aromatic carbocycles. The molecule has 1 aromatic rings. The summed E-state index contributed by atoms with van der Waals surface area (Å²) in [5.41, 5.74) is 2.15. The number of fused-ring (bicyclic) bond motifs is 1. The fraction of sp³-hybridized carbons (Fsp3) is 0.167. The largest absolute Gasteiger partial charge is 0.357 e. The predicted octanol–water partition coefficient (Wildman–Crippen LogP) is 1.91. The Bertz CT molecular complexity index is 478. The van der Waals surface area contributed by atoms with Crippen LogP contribution in [-0.4, -0.2) is 11.7 Å². The van der Waals surface area contributed by atoms with Gasteiger partial charge < -0.3 is 10.6 Å². The van der Waals surface area contributed by atoms with E-state index in [2.05, 4.69) is 10.6 Å². The Morgan fingerprint density at radius 2 is 1.81 bits per heavy atom. The van der Waals surface area contributed by atoms with Crippen LogP contribution >= 0.6 is 0 Å². The van der Waals surface area contributed by atoms with Crippen molar-refractivity contribution in [2.75, 3.05) is 10.6 Å². The molecule has 0 radical (unpaired) electrons. The van der Waals surface area contributed by atoms with Gasteiger partial charge in [0.05, 0.1) is 11.4 Å². The van der Waals surface area contributed by atoms with E-state index in [-0.39, 0.29) is 18.1 Å². The number of hydrogen-bond donors (Lipinski definition) is 2. The van der Waals surface area contributed by atoms with E-state index >= 15 is 0 Å². The maximum atomic E-state index is 11.5. The fourth-order valence-electron chi connectivity index (χ4n) is 1.60. The van der Waals surface area contributed by atoms with E-state index in [1.807, 2.05) is 24.3 Å². The van der Waals surface area contributed by atoms with E-state index in [0.717, 1.165) is 11.4 Å². The summed E-state index contributed by atoms with van der Waals surface area (Å²) in [4.78, 5) is 22.5. The lowest BCUT2D eigenvalue weighted by Crippen LogP contribution is -2.07. The Morgan fingerprint density at radius 3 is 2.44 bits per heavy atom. The van der Waals surface area contributed by atoms with Crippen molar-refractivity contribution in [3.63, 3.8) is 0 Å². The van der Waals surface area contributed by atoms with Crippen LogP contribution in [-0.2, 0) is 9.59 Å². The van der Waals surface area contributed by atoms with Crippen LogP contribution in [0.2, 0.25) is 0 Å². The number of hydrogen-bond acceptors (Lipinski definition) is 3. The highest BCUT2D eigenvalue weighted by Crippen LogP contribution is 2.25. The minimum absolute atomic E-state index is 0.0194. The van der Waals surface area contributed by atoms with Crippen molar-refractivity contribution in [2.24, 2.45) is 0 Å².